The third-order valence-electron chi connectivity index (χ3n) is 3.43. The summed E-state index contributed by atoms with van der Waals surface area (Å²) in [6.07, 6.45) is 2.41. The topological polar surface area (TPSA) is 3.24 Å². The van der Waals surface area contributed by atoms with Crippen LogP contribution in [0.3, 0.4) is 0 Å². The summed E-state index contributed by atoms with van der Waals surface area (Å²) in [5, 5.41) is 0. The van der Waals surface area contributed by atoms with E-state index in [-0.39, 0.29) is 0 Å². The standard InChI is InChI=1S/C18H27N/c1-5-19(6-2)18(14-12-16(3)4)15-13-17-10-8-7-9-11-17/h7-11,16,18H,5-6,12,14H2,1-4H3. The molecule has 0 aliphatic rings. The Kier molecular flexibility index (Phi) is 7.30. The Hall–Kier alpha value is -1.26. The van der Waals surface area contributed by atoms with E-state index >= 15 is 0 Å². The number of hydrogen-bond acceptors (Lipinski definition) is 1. The molecular formula is C18H27N. The summed E-state index contributed by atoms with van der Waals surface area (Å²) in [6, 6.07) is 10.7. The van der Waals surface area contributed by atoms with Gasteiger partial charge >= 0.3 is 0 Å². The molecule has 0 fully saturated rings. The van der Waals surface area contributed by atoms with E-state index in [1.807, 2.05) is 18.2 Å². The van der Waals surface area contributed by atoms with Crippen molar-refractivity contribution in [1.82, 2.24) is 4.90 Å². The Morgan fingerprint density at radius 2 is 1.63 bits per heavy atom. The zero-order valence-electron chi connectivity index (χ0n) is 12.8. The minimum atomic E-state index is 0.387. The van der Waals surface area contributed by atoms with Crippen LogP contribution in [-0.4, -0.2) is 24.0 Å². The monoisotopic (exact) mass is 257 g/mol. The molecule has 0 amide bonds. The molecule has 0 heterocycles. The predicted molar refractivity (Wildman–Crippen MR) is 84.1 cm³/mol. The van der Waals surface area contributed by atoms with Crippen LogP contribution in [0.2, 0.25) is 0 Å². The van der Waals surface area contributed by atoms with Crippen molar-refractivity contribution in [3.05, 3.63) is 35.9 Å². The van der Waals surface area contributed by atoms with Crippen molar-refractivity contribution in [1.29, 1.82) is 0 Å². The van der Waals surface area contributed by atoms with Crippen molar-refractivity contribution in [3.8, 4) is 11.8 Å². The van der Waals surface area contributed by atoms with E-state index in [1.54, 1.807) is 0 Å². The first-order valence-electron chi connectivity index (χ1n) is 7.48. The summed E-state index contributed by atoms with van der Waals surface area (Å²) in [7, 11) is 0. The number of hydrogen-bond donors (Lipinski definition) is 0. The molecule has 0 saturated carbocycles. The summed E-state index contributed by atoms with van der Waals surface area (Å²) in [5.74, 6) is 7.54. The predicted octanol–water partition coefficient (Wildman–Crippen LogP) is 4.18. The highest BCUT2D eigenvalue weighted by Gasteiger charge is 2.13. The molecule has 1 unspecified atom stereocenters. The summed E-state index contributed by atoms with van der Waals surface area (Å²) < 4.78 is 0. The van der Waals surface area contributed by atoms with Crippen LogP contribution in [0.15, 0.2) is 30.3 Å². The molecule has 0 radical (unpaired) electrons. The van der Waals surface area contributed by atoms with E-state index < -0.39 is 0 Å². The zero-order chi connectivity index (χ0) is 14.1. The van der Waals surface area contributed by atoms with E-state index in [2.05, 4.69) is 56.6 Å². The smallest absolute Gasteiger partial charge is 0.0718 e. The van der Waals surface area contributed by atoms with Gasteiger partial charge in [0.1, 0.15) is 0 Å². The van der Waals surface area contributed by atoms with Crippen molar-refractivity contribution in [2.45, 2.75) is 46.6 Å². The normalized spacial score (nSPS) is 12.3. The zero-order valence-corrected chi connectivity index (χ0v) is 12.8. The molecule has 1 nitrogen and oxygen atoms in total. The van der Waals surface area contributed by atoms with Gasteiger partial charge in [0.25, 0.3) is 0 Å². The van der Waals surface area contributed by atoms with Gasteiger partial charge in [-0.05, 0) is 44.0 Å². The Labute approximate surface area is 119 Å². The van der Waals surface area contributed by atoms with Crippen LogP contribution in [0.5, 0.6) is 0 Å². The minimum absolute atomic E-state index is 0.387. The number of benzene rings is 1. The van der Waals surface area contributed by atoms with Gasteiger partial charge in [0.15, 0.2) is 0 Å². The Morgan fingerprint density at radius 3 is 2.16 bits per heavy atom. The third kappa shape index (κ3) is 5.94. The third-order valence-corrected chi connectivity index (χ3v) is 3.43. The maximum Gasteiger partial charge on any atom is 0.0718 e. The summed E-state index contributed by atoms with van der Waals surface area (Å²) in [4.78, 5) is 2.46. The maximum absolute atomic E-state index is 3.47. The molecule has 0 saturated heterocycles. The van der Waals surface area contributed by atoms with Crippen molar-refractivity contribution >= 4 is 0 Å². The summed E-state index contributed by atoms with van der Waals surface area (Å²) in [6.45, 7) is 11.1. The fraction of sp³-hybridized carbons (Fsp3) is 0.556. The SMILES string of the molecule is CCN(CC)C(C#Cc1ccccc1)CCC(C)C. The molecule has 0 spiro atoms. The molecule has 0 N–H and O–H groups in total. The van der Waals surface area contributed by atoms with E-state index in [9.17, 15) is 0 Å². The molecule has 1 rings (SSSR count). The van der Waals surface area contributed by atoms with Gasteiger partial charge in [-0.15, -0.1) is 0 Å². The fourth-order valence-electron chi connectivity index (χ4n) is 2.19. The molecule has 0 aliphatic heterocycles. The Balaban J connectivity index is 2.76. The molecular weight excluding hydrogens is 230 g/mol. The van der Waals surface area contributed by atoms with Crippen LogP contribution in [0.1, 0.15) is 46.1 Å². The fourth-order valence-corrected chi connectivity index (χ4v) is 2.19. The van der Waals surface area contributed by atoms with E-state index in [1.165, 1.54) is 12.8 Å². The van der Waals surface area contributed by atoms with Crippen LogP contribution < -0.4 is 0 Å². The molecule has 1 aromatic rings. The number of nitrogens with zero attached hydrogens (tertiary/aromatic N) is 1. The van der Waals surface area contributed by atoms with Gasteiger partial charge in [-0.3, -0.25) is 4.90 Å². The van der Waals surface area contributed by atoms with Crippen LogP contribution >= 0.6 is 0 Å². The van der Waals surface area contributed by atoms with Crippen molar-refractivity contribution in [3.63, 3.8) is 0 Å². The van der Waals surface area contributed by atoms with E-state index in [0.29, 0.717) is 6.04 Å². The lowest BCUT2D eigenvalue weighted by Crippen LogP contribution is -2.34. The van der Waals surface area contributed by atoms with Gasteiger partial charge in [0.05, 0.1) is 6.04 Å². The van der Waals surface area contributed by atoms with Crippen LogP contribution in [-0.2, 0) is 0 Å². The molecule has 0 aromatic heterocycles. The molecule has 19 heavy (non-hydrogen) atoms. The minimum Gasteiger partial charge on any atom is -0.290 e. The maximum atomic E-state index is 3.47. The molecule has 1 atom stereocenters. The largest absolute Gasteiger partial charge is 0.290 e. The van der Waals surface area contributed by atoms with Crippen LogP contribution in [0, 0.1) is 17.8 Å². The highest BCUT2D eigenvalue weighted by atomic mass is 15.1. The average Bonchev–Trinajstić information content (AvgIpc) is 2.43. The second-order valence-electron chi connectivity index (χ2n) is 5.34. The molecule has 0 bridgehead atoms. The average molecular weight is 257 g/mol. The van der Waals surface area contributed by atoms with Gasteiger partial charge < -0.3 is 0 Å². The highest BCUT2D eigenvalue weighted by molar-refractivity contribution is 5.34. The van der Waals surface area contributed by atoms with Gasteiger partial charge in [-0.25, -0.2) is 0 Å². The summed E-state index contributed by atoms with van der Waals surface area (Å²) >= 11 is 0. The van der Waals surface area contributed by atoms with Crippen LogP contribution in [0.25, 0.3) is 0 Å². The lowest BCUT2D eigenvalue weighted by atomic mass is 10.0. The lowest BCUT2D eigenvalue weighted by Gasteiger charge is -2.26. The first kappa shape index (κ1) is 15.8. The van der Waals surface area contributed by atoms with Crippen molar-refractivity contribution < 1.29 is 0 Å². The first-order chi connectivity index (χ1) is 9.17. The summed E-state index contributed by atoms with van der Waals surface area (Å²) in [5.41, 5.74) is 1.12. The number of rotatable bonds is 6. The second kappa shape index (κ2) is 8.77. The first-order valence-corrected chi connectivity index (χ1v) is 7.48. The van der Waals surface area contributed by atoms with Gasteiger partial charge in [0.2, 0.25) is 0 Å². The van der Waals surface area contributed by atoms with Gasteiger partial charge in [0, 0.05) is 5.56 Å². The van der Waals surface area contributed by atoms with Crippen LogP contribution in [0.4, 0.5) is 0 Å². The lowest BCUT2D eigenvalue weighted by molar-refractivity contribution is 0.242. The Bertz CT molecular complexity index is 393. The second-order valence-corrected chi connectivity index (χ2v) is 5.34. The van der Waals surface area contributed by atoms with E-state index in [0.717, 1.165) is 24.6 Å². The van der Waals surface area contributed by atoms with Crippen molar-refractivity contribution in [2.75, 3.05) is 13.1 Å². The van der Waals surface area contributed by atoms with Gasteiger partial charge in [-0.2, -0.15) is 0 Å². The molecule has 1 heteroatoms. The molecule has 1 aromatic carbocycles. The quantitative estimate of drug-likeness (QED) is 0.691. The molecule has 104 valence electrons. The highest BCUT2D eigenvalue weighted by Crippen LogP contribution is 2.12. The molecule has 0 aliphatic carbocycles. The van der Waals surface area contributed by atoms with E-state index in [4.69, 9.17) is 0 Å². The van der Waals surface area contributed by atoms with Gasteiger partial charge in [-0.1, -0.05) is 57.7 Å². The van der Waals surface area contributed by atoms with Crippen molar-refractivity contribution in [2.24, 2.45) is 5.92 Å². The Morgan fingerprint density at radius 1 is 1.00 bits per heavy atom.